The highest BCUT2D eigenvalue weighted by Gasteiger charge is 2.61. The molecule has 2 saturated heterocycles. The topological polar surface area (TPSA) is 123 Å². The van der Waals surface area contributed by atoms with E-state index in [1.165, 1.54) is 18.2 Å². The number of nitriles is 1. The monoisotopic (exact) mass is 689 g/mol. The maximum atomic E-state index is 14.9. The van der Waals surface area contributed by atoms with Crippen molar-refractivity contribution in [1.82, 2.24) is 14.7 Å². The fraction of sp³-hybridized carbons (Fsp3) is 0.417. The summed E-state index contributed by atoms with van der Waals surface area (Å²) in [5.74, 6) is -1.53. The molecule has 3 heterocycles. The van der Waals surface area contributed by atoms with Crippen molar-refractivity contribution in [2.45, 2.75) is 56.2 Å². The predicted molar refractivity (Wildman–Crippen MR) is 180 cm³/mol. The fourth-order valence-corrected chi connectivity index (χ4v) is 8.52. The first-order chi connectivity index (χ1) is 23.5. The smallest absolute Gasteiger partial charge is 0.411 e. The molecule has 13 heteroatoms. The van der Waals surface area contributed by atoms with Gasteiger partial charge in [-0.15, -0.1) is 0 Å². The Morgan fingerprint density at radius 2 is 1.65 bits per heavy atom. The summed E-state index contributed by atoms with van der Waals surface area (Å²) < 4.78 is 54.9. The van der Waals surface area contributed by atoms with Gasteiger partial charge in [0.25, 0.3) is 15.9 Å². The van der Waals surface area contributed by atoms with Crippen LogP contribution in [-0.4, -0.2) is 93.1 Å². The molecule has 11 nitrogen and oxygen atoms in total. The summed E-state index contributed by atoms with van der Waals surface area (Å²) in [6.45, 7) is 11.0. The molecule has 49 heavy (non-hydrogen) atoms. The molecule has 3 aliphatic rings. The number of hydrogen-bond acceptors (Lipinski definition) is 9. The van der Waals surface area contributed by atoms with Crippen molar-refractivity contribution >= 4 is 27.7 Å². The number of benzene rings is 3. The quantitative estimate of drug-likeness (QED) is 0.331. The predicted octanol–water partition coefficient (Wildman–Crippen LogP) is 4.70. The second kappa shape index (κ2) is 13.8. The van der Waals surface area contributed by atoms with Gasteiger partial charge in [0.2, 0.25) is 5.60 Å². The number of amides is 2. The van der Waals surface area contributed by atoms with Crippen LogP contribution in [0.1, 0.15) is 50.3 Å². The summed E-state index contributed by atoms with van der Waals surface area (Å²) in [6, 6.07) is 17.5. The summed E-state index contributed by atoms with van der Waals surface area (Å²) in [7, 11) is -4.65. The number of anilines is 1. The zero-order chi connectivity index (χ0) is 34.9. The van der Waals surface area contributed by atoms with E-state index in [0.717, 1.165) is 50.4 Å². The Bertz CT molecular complexity index is 1870. The van der Waals surface area contributed by atoms with Crippen LogP contribution in [0, 0.1) is 17.1 Å². The van der Waals surface area contributed by atoms with Gasteiger partial charge in [-0.25, -0.2) is 17.6 Å². The molecule has 0 aliphatic carbocycles. The van der Waals surface area contributed by atoms with Crippen LogP contribution in [0.25, 0.3) is 0 Å². The molecule has 0 saturated carbocycles. The lowest BCUT2D eigenvalue weighted by molar-refractivity contribution is -0.132. The number of carbonyl (C=O) groups excluding carboxylic acids is 2. The van der Waals surface area contributed by atoms with E-state index in [0.29, 0.717) is 42.3 Å². The van der Waals surface area contributed by atoms with E-state index < -0.39 is 33.4 Å². The molecule has 0 radical (unpaired) electrons. The van der Waals surface area contributed by atoms with Gasteiger partial charge in [0.1, 0.15) is 11.6 Å². The molecule has 258 valence electrons. The summed E-state index contributed by atoms with van der Waals surface area (Å²) in [6.07, 6.45) is 0.637. The summed E-state index contributed by atoms with van der Waals surface area (Å²) >= 11 is 0. The zero-order valence-electron chi connectivity index (χ0n) is 27.8. The van der Waals surface area contributed by atoms with Crippen molar-refractivity contribution in [3.05, 3.63) is 89.2 Å². The fourth-order valence-electron chi connectivity index (χ4n) is 7.06. The van der Waals surface area contributed by atoms with Gasteiger partial charge < -0.3 is 14.4 Å². The molecule has 3 aliphatic heterocycles. The third-order valence-corrected chi connectivity index (χ3v) is 11.4. The van der Waals surface area contributed by atoms with Crippen LogP contribution < -0.4 is 9.04 Å². The van der Waals surface area contributed by atoms with E-state index in [1.54, 1.807) is 36.1 Å². The first-order valence-electron chi connectivity index (χ1n) is 16.6. The van der Waals surface area contributed by atoms with Gasteiger partial charge in [-0.2, -0.15) is 9.57 Å². The van der Waals surface area contributed by atoms with Gasteiger partial charge in [-0.1, -0.05) is 18.2 Å². The molecule has 3 aromatic rings. The molecule has 2 fully saturated rings. The number of likely N-dealkylation sites (tertiary alicyclic amines) is 1. The van der Waals surface area contributed by atoms with Crippen LogP contribution in [0.5, 0.6) is 5.75 Å². The van der Waals surface area contributed by atoms with Gasteiger partial charge in [0.15, 0.2) is 0 Å². The van der Waals surface area contributed by atoms with Gasteiger partial charge >= 0.3 is 6.09 Å². The van der Waals surface area contributed by atoms with Crippen LogP contribution in [0.15, 0.2) is 71.6 Å². The number of carbonyl (C=O) groups is 2. The minimum Gasteiger partial charge on any atom is -0.493 e. The number of para-hydroxylation sites is 1. The number of rotatable bonds is 8. The minimum atomic E-state index is -4.65. The number of sulfonamides is 1. The van der Waals surface area contributed by atoms with Crippen molar-refractivity contribution in [2.24, 2.45) is 0 Å². The highest BCUT2D eigenvalue weighted by molar-refractivity contribution is 7.93. The number of nitrogens with zero attached hydrogens (tertiary/aromatic N) is 5. The number of fused-ring (bicyclic) bond motifs is 1. The lowest BCUT2D eigenvalue weighted by Gasteiger charge is -2.43. The van der Waals surface area contributed by atoms with Gasteiger partial charge in [-0.05, 0) is 82.1 Å². The lowest BCUT2D eigenvalue weighted by Crippen LogP contribution is -2.55. The van der Waals surface area contributed by atoms with E-state index in [4.69, 9.17) is 9.47 Å². The number of ether oxygens (including phenoxy) is 2. The SMILES string of the molecule is CCOc1ccccc1C1(OC(=O)N2CCC(N3CCN(C(C)C)CC3)CC2)C(=O)N(S(=O)(=O)c2ccc(F)cc2)c2ccc(C#N)cc21. The van der Waals surface area contributed by atoms with Crippen LogP contribution in [-0.2, 0) is 25.2 Å². The molecule has 2 amide bonds. The van der Waals surface area contributed by atoms with Gasteiger partial charge in [-0.3, -0.25) is 14.6 Å². The molecule has 3 aromatic carbocycles. The Morgan fingerprint density at radius 3 is 2.29 bits per heavy atom. The average molecular weight is 690 g/mol. The summed E-state index contributed by atoms with van der Waals surface area (Å²) in [5.41, 5.74) is -2.18. The molecule has 0 aromatic heterocycles. The number of halogens is 1. The third-order valence-electron chi connectivity index (χ3n) is 9.69. The number of hydrogen-bond donors (Lipinski definition) is 0. The first-order valence-corrected chi connectivity index (χ1v) is 18.0. The van der Waals surface area contributed by atoms with Crippen molar-refractivity contribution in [3.8, 4) is 11.8 Å². The van der Waals surface area contributed by atoms with E-state index >= 15 is 0 Å². The molecule has 0 bridgehead atoms. The highest BCUT2D eigenvalue weighted by atomic mass is 32.2. The Kier molecular flexibility index (Phi) is 9.66. The molecule has 0 N–H and O–H groups in total. The van der Waals surface area contributed by atoms with E-state index in [9.17, 15) is 27.7 Å². The molecule has 6 rings (SSSR count). The average Bonchev–Trinajstić information content (AvgIpc) is 3.36. The van der Waals surface area contributed by atoms with Crippen molar-refractivity contribution < 1.29 is 31.9 Å². The van der Waals surface area contributed by atoms with Gasteiger partial charge in [0, 0.05) is 56.9 Å². The van der Waals surface area contributed by atoms with Crippen LogP contribution in [0.3, 0.4) is 0 Å². The third kappa shape index (κ3) is 6.24. The second-order valence-corrected chi connectivity index (χ2v) is 14.5. The lowest BCUT2D eigenvalue weighted by atomic mass is 9.85. The minimum absolute atomic E-state index is 0.000601. The molecular formula is C36H40FN5O6S. The normalized spacial score (nSPS) is 20.7. The number of piperidine rings is 1. The molecule has 1 atom stereocenters. The van der Waals surface area contributed by atoms with Crippen molar-refractivity contribution in [2.75, 3.05) is 50.2 Å². The first kappa shape index (κ1) is 34.4. The van der Waals surface area contributed by atoms with E-state index in [-0.39, 0.29) is 39.6 Å². The maximum absolute atomic E-state index is 14.9. The molecule has 1 unspecified atom stereocenters. The standard InChI is InChI=1S/C36H40FN5O6S/c1-4-47-33-8-6-5-7-30(33)36(48-35(44)41-17-15-28(16-18-41)40-21-19-39(20-22-40)25(2)3)31-23-26(24-38)9-14-32(31)42(34(36)43)49(45,46)29-12-10-27(37)11-13-29/h5-14,23,25,28H,4,15-22H2,1-3H3. The maximum Gasteiger partial charge on any atom is 0.411 e. The Labute approximate surface area is 286 Å². The van der Waals surface area contributed by atoms with Crippen LogP contribution in [0.4, 0.5) is 14.9 Å². The summed E-state index contributed by atoms with van der Waals surface area (Å²) in [5, 5.41) is 9.85. The Balaban J connectivity index is 1.38. The van der Waals surface area contributed by atoms with Crippen molar-refractivity contribution in [1.29, 1.82) is 5.26 Å². The van der Waals surface area contributed by atoms with Crippen molar-refractivity contribution in [3.63, 3.8) is 0 Å². The zero-order valence-corrected chi connectivity index (χ0v) is 28.7. The Hall–Kier alpha value is -4.51. The molecule has 0 spiro atoms. The van der Waals surface area contributed by atoms with Crippen LogP contribution in [0.2, 0.25) is 0 Å². The largest absolute Gasteiger partial charge is 0.493 e. The van der Waals surface area contributed by atoms with Gasteiger partial charge in [0.05, 0.1) is 34.4 Å². The second-order valence-electron chi connectivity index (χ2n) is 12.7. The van der Waals surface area contributed by atoms with E-state index in [1.807, 2.05) is 6.07 Å². The van der Waals surface area contributed by atoms with Crippen LogP contribution >= 0.6 is 0 Å². The summed E-state index contributed by atoms with van der Waals surface area (Å²) in [4.78, 5) is 35.2. The number of piperazine rings is 1. The Morgan fingerprint density at radius 1 is 0.980 bits per heavy atom. The highest BCUT2D eigenvalue weighted by Crippen LogP contribution is 2.52. The molecular weight excluding hydrogens is 649 g/mol. The van der Waals surface area contributed by atoms with E-state index in [2.05, 4.69) is 23.6 Å².